The van der Waals surface area contributed by atoms with E-state index in [9.17, 15) is 4.79 Å². The van der Waals surface area contributed by atoms with Gasteiger partial charge in [0.15, 0.2) is 0 Å². The molecular formula is C13H13N3O. The monoisotopic (exact) mass is 227 g/mol. The topological polar surface area (TPSA) is 67.9 Å². The smallest absolute Gasteiger partial charge is 0.244 e. The molecule has 0 aliphatic heterocycles. The normalized spacial score (nSPS) is 11.1. The Labute approximate surface area is 101 Å². The van der Waals surface area contributed by atoms with Crippen LogP contribution in [0.15, 0.2) is 24.3 Å². The highest BCUT2D eigenvalue weighted by Gasteiger charge is 2.20. The molecule has 0 bridgehead atoms. The van der Waals surface area contributed by atoms with E-state index in [1.807, 2.05) is 12.1 Å². The van der Waals surface area contributed by atoms with Crippen LogP contribution >= 0.6 is 0 Å². The fraction of sp³-hybridized carbons (Fsp3) is 0.308. The molecule has 0 N–H and O–H groups in total. The number of nitriles is 2. The molecule has 1 atom stereocenters. The van der Waals surface area contributed by atoms with Crippen LogP contribution in [0.4, 0.5) is 5.69 Å². The van der Waals surface area contributed by atoms with Gasteiger partial charge < -0.3 is 4.90 Å². The summed E-state index contributed by atoms with van der Waals surface area (Å²) < 4.78 is 0. The summed E-state index contributed by atoms with van der Waals surface area (Å²) >= 11 is 0. The maximum atomic E-state index is 11.9. The van der Waals surface area contributed by atoms with E-state index >= 15 is 0 Å². The molecule has 1 aromatic carbocycles. The number of hydrogen-bond acceptors (Lipinski definition) is 3. The minimum Gasteiger partial charge on any atom is -0.314 e. The minimum atomic E-state index is -0.615. The van der Waals surface area contributed by atoms with Crippen molar-refractivity contribution in [1.29, 1.82) is 10.5 Å². The van der Waals surface area contributed by atoms with Gasteiger partial charge in [-0.1, -0.05) is 6.92 Å². The van der Waals surface area contributed by atoms with Gasteiger partial charge in [0.25, 0.3) is 0 Å². The Hall–Kier alpha value is -2.33. The average molecular weight is 227 g/mol. The molecule has 86 valence electrons. The molecule has 4 nitrogen and oxygen atoms in total. The summed E-state index contributed by atoms with van der Waals surface area (Å²) in [6.45, 7) is 1.80. The minimum absolute atomic E-state index is 0.222. The Bertz CT molecular complexity index is 479. The second-order valence-corrected chi connectivity index (χ2v) is 3.65. The lowest BCUT2D eigenvalue weighted by molar-refractivity contribution is -0.120. The average Bonchev–Trinajstić information content (AvgIpc) is 2.39. The Morgan fingerprint density at radius 1 is 1.35 bits per heavy atom. The molecule has 17 heavy (non-hydrogen) atoms. The summed E-state index contributed by atoms with van der Waals surface area (Å²) in [6.07, 6.45) is 0.496. The highest BCUT2D eigenvalue weighted by molar-refractivity contribution is 5.95. The highest BCUT2D eigenvalue weighted by atomic mass is 16.2. The van der Waals surface area contributed by atoms with Crippen LogP contribution in [0.5, 0.6) is 0 Å². The van der Waals surface area contributed by atoms with E-state index in [2.05, 4.69) is 0 Å². The molecule has 0 spiro atoms. The number of nitrogens with zero attached hydrogens (tertiary/aromatic N) is 3. The summed E-state index contributed by atoms with van der Waals surface area (Å²) in [4.78, 5) is 13.3. The van der Waals surface area contributed by atoms with Crippen LogP contribution in [0.1, 0.15) is 18.9 Å². The second kappa shape index (κ2) is 5.67. The summed E-state index contributed by atoms with van der Waals surface area (Å²) in [5.41, 5.74) is 1.23. The maximum absolute atomic E-state index is 11.9. The summed E-state index contributed by atoms with van der Waals surface area (Å²) in [7, 11) is 1.63. The van der Waals surface area contributed by atoms with Gasteiger partial charge in [-0.3, -0.25) is 4.79 Å². The molecule has 4 heteroatoms. The van der Waals surface area contributed by atoms with Crippen molar-refractivity contribution in [3.63, 3.8) is 0 Å². The van der Waals surface area contributed by atoms with Gasteiger partial charge in [-0.2, -0.15) is 10.5 Å². The second-order valence-electron chi connectivity index (χ2n) is 3.65. The van der Waals surface area contributed by atoms with Gasteiger partial charge in [0.05, 0.1) is 17.7 Å². The maximum Gasteiger partial charge on any atom is 0.244 e. The molecule has 1 aromatic rings. The van der Waals surface area contributed by atoms with Gasteiger partial charge in [0.2, 0.25) is 5.91 Å². The van der Waals surface area contributed by atoms with E-state index in [0.29, 0.717) is 17.7 Å². The number of amides is 1. The van der Waals surface area contributed by atoms with Gasteiger partial charge >= 0.3 is 0 Å². The molecule has 0 radical (unpaired) electrons. The third kappa shape index (κ3) is 2.83. The first-order valence-corrected chi connectivity index (χ1v) is 5.31. The molecule has 1 rings (SSSR count). The third-order valence-corrected chi connectivity index (χ3v) is 2.58. The Morgan fingerprint density at radius 2 is 1.94 bits per heavy atom. The number of rotatable bonds is 3. The Kier molecular flexibility index (Phi) is 4.25. The zero-order chi connectivity index (χ0) is 12.8. The Balaban J connectivity index is 2.89. The van der Waals surface area contributed by atoms with Crippen LogP contribution in [0.2, 0.25) is 0 Å². The first-order chi connectivity index (χ1) is 8.13. The molecule has 1 amide bonds. The first-order valence-electron chi connectivity index (χ1n) is 5.31. The zero-order valence-corrected chi connectivity index (χ0v) is 9.84. The van der Waals surface area contributed by atoms with Crippen LogP contribution in [-0.2, 0) is 4.79 Å². The highest BCUT2D eigenvalue weighted by Crippen LogP contribution is 2.16. The van der Waals surface area contributed by atoms with E-state index in [1.54, 1.807) is 38.2 Å². The quantitative estimate of drug-likeness (QED) is 0.793. The lowest BCUT2D eigenvalue weighted by Gasteiger charge is -2.19. The van der Waals surface area contributed by atoms with Crippen LogP contribution < -0.4 is 4.90 Å². The molecule has 0 fully saturated rings. The number of benzene rings is 1. The first kappa shape index (κ1) is 12.7. The molecule has 0 aliphatic rings. The fourth-order valence-electron chi connectivity index (χ4n) is 1.44. The molecule has 0 saturated heterocycles. The molecule has 1 unspecified atom stereocenters. The van der Waals surface area contributed by atoms with Crippen LogP contribution in [0.25, 0.3) is 0 Å². The zero-order valence-electron chi connectivity index (χ0n) is 9.84. The van der Waals surface area contributed by atoms with Crippen LogP contribution in [-0.4, -0.2) is 13.0 Å². The van der Waals surface area contributed by atoms with Gasteiger partial charge in [0.1, 0.15) is 5.92 Å². The Morgan fingerprint density at radius 3 is 2.35 bits per heavy atom. The van der Waals surface area contributed by atoms with Crippen molar-refractivity contribution in [2.45, 2.75) is 13.3 Å². The van der Waals surface area contributed by atoms with Crippen LogP contribution in [0.3, 0.4) is 0 Å². The van der Waals surface area contributed by atoms with Crippen LogP contribution in [0, 0.1) is 28.6 Å². The van der Waals surface area contributed by atoms with Gasteiger partial charge in [-0.05, 0) is 30.7 Å². The number of carbonyl (C=O) groups excluding carboxylic acids is 1. The van der Waals surface area contributed by atoms with Crippen molar-refractivity contribution in [1.82, 2.24) is 0 Å². The van der Waals surface area contributed by atoms with E-state index in [0.717, 1.165) is 0 Å². The van der Waals surface area contributed by atoms with E-state index < -0.39 is 5.92 Å². The van der Waals surface area contributed by atoms with Crippen molar-refractivity contribution in [2.75, 3.05) is 11.9 Å². The summed E-state index contributed by atoms with van der Waals surface area (Å²) in [5, 5.41) is 17.5. The van der Waals surface area contributed by atoms with Crippen molar-refractivity contribution >= 4 is 11.6 Å². The van der Waals surface area contributed by atoms with E-state index in [1.165, 1.54) is 4.90 Å². The third-order valence-electron chi connectivity index (χ3n) is 2.58. The van der Waals surface area contributed by atoms with E-state index in [4.69, 9.17) is 10.5 Å². The molecule has 0 saturated carbocycles. The number of anilines is 1. The van der Waals surface area contributed by atoms with Gasteiger partial charge in [-0.15, -0.1) is 0 Å². The SMILES string of the molecule is CCC(C#N)C(=O)N(C)c1ccc(C#N)cc1. The summed E-state index contributed by atoms with van der Waals surface area (Å²) in [5.74, 6) is -0.838. The molecule has 0 aliphatic carbocycles. The fourth-order valence-corrected chi connectivity index (χ4v) is 1.44. The molecule has 0 aromatic heterocycles. The van der Waals surface area contributed by atoms with Crippen molar-refractivity contribution in [2.24, 2.45) is 5.92 Å². The molecule has 0 heterocycles. The largest absolute Gasteiger partial charge is 0.314 e. The summed E-state index contributed by atoms with van der Waals surface area (Å²) in [6, 6.07) is 10.7. The lowest BCUT2D eigenvalue weighted by Crippen LogP contribution is -2.31. The lowest BCUT2D eigenvalue weighted by atomic mass is 10.1. The number of hydrogen-bond donors (Lipinski definition) is 0. The molecular weight excluding hydrogens is 214 g/mol. The number of carbonyl (C=O) groups is 1. The van der Waals surface area contributed by atoms with Gasteiger partial charge in [-0.25, -0.2) is 0 Å². The predicted molar refractivity (Wildman–Crippen MR) is 64.0 cm³/mol. The van der Waals surface area contributed by atoms with Crippen molar-refractivity contribution < 1.29 is 4.79 Å². The van der Waals surface area contributed by atoms with Crippen molar-refractivity contribution in [3.05, 3.63) is 29.8 Å². The predicted octanol–water partition coefficient (Wildman–Crippen LogP) is 2.07. The van der Waals surface area contributed by atoms with Gasteiger partial charge in [0, 0.05) is 12.7 Å². The van der Waals surface area contributed by atoms with E-state index in [-0.39, 0.29) is 5.91 Å². The van der Waals surface area contributed by atoms with Crippen molar-refractivity contribution in [3.8, 4) is 12.1 Å². The standard InChI is InChI=1S/C13H13N3O/c1-3-11(9-15)13(17)16(2)12-6-4-10(8-14)5-7-12/h4-7,11H,3H2,1-2H3.